The highest BCUT2D eigenvalue weighted by molar-refractivity contribution is 5.77. The monoisotopic (exact) mass is 355 g/mol. The highest BCUT2D eigenvalue weighted by Crippen LogP contribution is 2.36. The molecular weight excluding hydrogens is 326 g/mol. The first kappa shape index (κ1) is 18.6. The van der Waals surface area contributed by atoms with Crippen LogP contribution in [0.25, 0.3) is 0 Å². The van der Waals surface area contributed by atoms with E-state index in [9.17, 15) is 4.79 Å². The van der Waals surface area contributed by atoms with Crippen molar-refractivity contribution in [2.75, 3.05) is 13.1 Å². The van der Waals surface area contributed by atoms with E-state index in [1.807, 2.05) is 41.4 Å². The summed E-state index contributed by atoms with van der Waals surface area (Å²) < 4.78 is 1.81. The first-order valence-corrected chi connectivity index (χ1v) is 9.42. The molecule has 1 unspecified atom stereocenters. The number of nitrogens with zero attached hydrogens (tertiary/aromatic N) is 4. The van der Waals surface area contributed by atoms with Crippen molar-refractivity contribution in [1.29, 1.82) is 0 Å². The van der Waals surface area contributed by atoms with Gasteiger partial charge in [-0.1, -0.05) is 6.07 Å². The largest absolute Gasteiger partial charge is 0.335 e. The van der Waals surface area contributed by atoms with E-state index in [4.69, 9.17) is 0 Å². The molecular formula is C20H29N5O. The van der Waals surface area contributed by atoms with Crippen molar-refractivity contribution in [3.63, 3.8) is 0 Å². The van der Waals surface area contributed by atoms with Gasteiger partial charge in [-0.25, -0.2) is 0 Å². The van der Waals surface area contributed by atoms with Gasteiger partial charge in [0.15, 0.2) is 0 Å². The van der Waals surface area contributed by atoms with Crippen molar-refractivity contribution in [3.05, 3.63) is 47.5 Å². The molecule has 1 aliphatic rings. The second-order valence-corrected chi connectivity index (χ2v) is 7.30. The summed E-state index contributed by atoms with van der Waals surface area (Å²) >= 11 is 0. The van der Waals surface area contributed by atoms with Gasteiger partial charge < -0.3 is 10.2 Å². The molecule has 0 radical (unpaired) electrons. The maximum Gasteiger partial charge on any atom is 0.223 e. The Kier molecular flexibility index (Phi) is 5.71. The third-order valence-electron chi connectivity index (χ3n) is 5.32. The molecule has 0 aliphatic carbocycles. The van der Waals surface area contributed by atoms with Gasteiger partial charge in [0.25, 0.3) is 0 Å². The lowest BCUT2D eigenvalue weighted by molar-refractivity contribution is -0.138. The molecule has 0 bridgehead atoms. The summed E-state index contributed by atoms with van der Waals surface area (Å²) in [4.78, 5) is 18.7. The van der Waals surface area contributed by atoms with Gasteiger partial charge in [-0.05, 0) is 44.2 Å². The lowest BCUT2D eigenvalue weighted by Crippen LogP contribution is -2.45. The summed E-state index contributed by atoms with van der Waals surface area (Å²) in [6, 6.07) is 2.49. The number of aryl methyl sites for hydroxylation is 2. The summed E-state index contributed by atoms with van der Waals surface area (Å²) in [5.41, 5.74) is 3.49. The Morgan fingerprint density at radius 1 is 1.35 bits per heavy atom. The van der Waals surface area contributed by atoms with Gasteiger partial charge in [0.2, 0.25) is 5.91 Å². The van der Waals surface area contributed by atoms with Gasteiger partial charge in [-0.2, -0.15) is 5.10 Å². The van der Waals surface area contributed by atoms with Crippen LogP contribution in [0.4, 0.5) is 0 Å². The fourth-order valence-corrected chi connectivity index (χ4v) is 3.91. The maximum absolute atomic E-state index is 12.4. The van der Waals surface area contributed by atoms with Crippen LogP contribution in [0.15, 0.2) is 30.9 Å². The van der Waals surface area contributed by atoms with Gasteiger partial charge in [0.05, 0.1) is 12.2 Å². The Labute approximate surface area is 155 Å². The van der Waals surface area contributed by atoms with Gasteiger partial charge in [-0.3, -0.25) is 14.5 Å². The van der Waals surface area contributed by atoms with Crippen molar-refractivity contribution in [1.82, 2.24) is 25.0 Å². The fraction of sp³-hybridized carbons (Fsp3) is 0.550. The molecule has 140 valence electrons. The minimum atomic E-state index is 0.0882. The third-order valence-corrected chi connectivity index (χ3v) is 5.32. The van der Waals surface area contributed by atoms with E-state index in [0.717, 1.165) is 25.1 Å². The second kappa shape index (κ2) is 7.99. The number of hydrogen-bond acceptors (Lipinski definition) is 4. The number of nitrogens with one attached hydrogen (secondary N) is 1. The molecule has 0 saturated carbocycles. The van der Waals surface area contributed by atoms with Crippen LogP contribution in [0, 0.1) is 12.8 Å². The number of aromatic nitrogens is 3. The Morgan fingerprint density at radius 3 is 2.81 bits per heavy atom. The second-order valence-electron chi connectivity index (χ2n) is 7.30. The van der Waals surface area contributed by atoms with E-state index in [2.05, 4.69) is 42.2 Å². The fourth-order valence-electron chi connectivity index (χ4n) is 3.91. The Balaban J connectivity index is 1.75. The molecule has 1 fully saturated rings. The van der Waals surface area contributed by atoms with Crippen molar-refractivity contribution in [2.45, 2.75) is 45.7 Å². The molecule has 1 N–H and O–H groups in total. The predicted octanol–water partition coefficient (Wildman–Crippen LogP) is 2.77. The highest BCUT2D eigenvalue weighted by Gasteiger charge is 2.36. The first-order valence-electron chi connectivity index (χ1n) is 9.42. The van der Waals surface area contributed by atoms with Gasteiger partial charge in [0.1, 0.15) is 0 Å². The van der Waals surface area contributed by atoms with Crippen LogP contribution in [0.1, 0.15) is 55.5 Å². The molecule has 0 spiro atoms. The highest BCUT2D eigenvalue weighted by atomic mass is 16.2. The normalized spacial score (nSPS) is 21.8. The standard InChI is InChI=1S/C20H29N5O/c1-5-25-19(26)7-6-16(20(25)18-12-23-24(4)13-18)11-22-15(3)17-8-14(2)9-21-10-17/h8-10,12-13,15-16,20,22H,5-7,11H2,1-4H3/t15?,16-,20+/m1/s1. The lowest BCUT2D eigenvalue weighted by Gasteiger charge is -2.41. The Hall–Kier alpha value is -2.21. The van der Waals surface area contributed by atoms with E-state index in [1.165, 1.54) is 11.1 Å². The smallest absolute Gasteiger partial charge is 0.223 e. The minimum Gasteiger partial charge on any atom is -0.335 e. The van der Waals surface area contributed by atoms with Crippen LogP contribution < -0.4 is 5.32 Å². The number of carbonyl (C=O) groups excluding carboxylic acids is 1. The zero-order valence-electron chi connectivity index (χ0n) is 16.1. The molecule has 1 aliphatic heterocycles. The molecule has 0 aromatic carbocycles. The quantitative estimate of drug-likeness (QED) is 0.865. The lowest BCUT2D eigenvalue weighted by atomic mass is 9.85. The molecule has 3 heterocycles. The third kappa shape index (κ3) is 3.96. The van der Waals surface area contributed by atoms with Crippen LogP contribution in [0.3, 0.4) is 0 Å². The molecule has 3 atom stereocenters. The van der Waals surface area contributed by atoms with E-state index >= 15 is 0 Å². The van der Waals surface area contributed by atoms with Crippen molar-refractivity contribution in [2.24, 2.45) is 13.0 Å². The van der Waals surface area contributed by atoms with Crippen molar-refractivity contribution < 1.29 is 4.79 Å². The number of likely N-dealkylation sites (tertiary alicyclic amines) is 1. The first-order chi connectivity index (χ1) is 12.5. The number of hydrogen-bond donors (Lipinski definition) is 1. The molecule has 1 amide bonds. The minimum absolute atomic E-state index is 0.0882. The van der Waals surface area contributed by atoms with Crippen LogP contribution in [0.5, 0.6) is 0 Å². The molecule has 2 aromatic heterocycles. The molecule has 1 saturated heterocycles. The van der Waals surface area contributed by atoms with Gasteiger partial charge in [0, 0.05) is 56.8 Å². The van der Waals surface area contributed by atoms with Crippen molar-refractivity contribution in [3.8, 4) is 0 Å². The summed E-state index contributed by atoms with van der Waals surface area (Å²) in [7, 11) is 1.92. The van der Waals surface area contributed by atoms with Crippen LogP contribution >= 0.6 is 0 Å². The number of piperidine rings is 1. The van der Waals surface area contributed by atoms with E-state index in [-0.39, 0.29) is 18.0 Å². The summed E-state index contributed by atoms with van der Waals surface area (Å²) in [5.74, 6) is 0.616. The summed E-state index contributed by atoms with van der Waals surface area (Å²) in [5, 5.41) is 7.98. The van der Waals surface area contributed by atoms with Gasteiger partial charge in [-0.15, -0.1) is 0 Å². The molecule has 6 heteroatoms. The molecule has 3 rings (SSSR count). The van der Waals surface area contributed by atoms with E-state index in [0.29, 0.717) is 12.3 Å². The van der Waals surface area contributed by atoms with Gasteiger partial charge >= 0.3 is 0 Å². The van der Waals surface area contributed by atoms with Crippen LogP contribution in [-0.4, -0.2) is 38.7 Å². The van der Waals surface area contributed by atoms with Crippen LogP contribution in [0.2, 0.25) is 0 Å². The average Bonchev–Trinajstić information content (AvgIpc) is 3.06. The van der Waals surface area contributed by atoms with Crippen LogP contribution in [-0.2, 0) is 11.8 Å². The van der Waals surface area contributed by atoms with E-state index in [1.54, 1.807) is 0 Å². The number of pyridine rings is 1. The zero-order chi connectivity index (χ0) is 18.7. The molecule has 26 heavy (non-hydrogen) atoms. The summed E-state index contributed by atoms with van der Waals surface area (Å²) in [6.07, 6.45) is 9.25. The zero-order valence-corrected chi connectivity index (χ0v) is 16.1. The van der Waals surface area contributed by atoms with E-state index < -0.39 is 0 Å². The molecule has 2 aromatic rings. The number of amides is 1. The number of rotatable bonds is 6. The Bertz CT molecular complexity index is 756. The summed E-state index contributed by atoms with van der Waals surface area (Å²) in [6.45, 7) is 7.87. The predicted molar refractivity (Wildman–Crippen MR) is 101 cm³/mol. The Morgan fingerprint density at radius 2 is 2.15 bits per heavy atom. The topological polar surface area (TPSA) is 63.1 Å². The molecule has 6 nitrogen and oxygen atoms in total. The maximum atomic E-state index is 12.4. The van der Waals surface area contributed by atoms with Crippen molar-refractivity contribution >= 4 is 5.91 Å². The SMILES string of the molecule is CCN1C(=O)CC[C@H](CNC(C)c2cncc(C)c2)[C@H]1c1cnn(C)c1. The number of carbonyl (C=O) groups is 1. The average molecular weight is 355 g/mol.